The molecule has 0 bridgehead atoms. The Balaban J connectivity index is 1.90. The van der Waals surface area contributed by atoms with Crippen LogP contribution >= 0.6 is 0 Å². The van der Waals surface area contributed by atoms with Crippen LogP contribution < -0.4 is 10.1 Å². The maximum Gasteiger partial charge on any atom is 0.255 e. The summed E-state index contributed by atoms with van der Waals surface area (Å²) in [5.41, 5.74) is 0.557. The van der Waals surface area contributed by atoms with E-state index in [9.17, 15) is 9.90 Å². The molecular formula is C15H21NO3. The first-order valence-corrected chi connectivity index (χ1v) is 6.80. The average molecular weight is 263 g/mol. The van der Waals surface area contributed by atoms with Gasteiger partial charge in [0.2, 0.25) is 0 Å². The molecule has 1 fully saturated rings. The van der Waals surface area contributed by atoms with E-state index in [1.165, 1.54) is 0 Å². The first kappa shape index (κ1) is 13.9. The summed E-state index contributed by atoms with van der Waals surface area (Å²) in [5.74, 6) is 0.851. The van der Waals surface area contributed by atoms with Gasteiger partial charge in [0, 0.05) is 6.54 Å². The lowest BCUT2D eigenvalue weighted by atomic mass is 9.87. The second-order valence-corrected chi connectivity index (χ2v) is 5.10. The van der Waals surface area contributed by atoms with Crippen molar-refractivity contribution in [2.75, 3.05) is 13.7 Å². The van der Waals surface area contributed by atoms with Crippen LogP contribution in [0, 0.1) is 5.92 Å². The van der Waals surface area contributed by atoms with E-state index in [1.807, 2.05) is 12.1 Å². The molecule has 0 spiro atoms. The largest absolute Gasteiger partial charge is 0.496 e. The smallest absolute Gasteiger partial charge is 0.255 e. The van der Waals surface area contributed by atoms with Crippen molar-refractivity contribution in [1.29, 1.82) is 0 Å². The third kappa shape index (κ3) is 3.70. The Morgan fingerprint density at radius 1 is 1.42 bits per heavy atom. The Bertz CT molecular complexity index is 433. The predicted octanol–water partition coefficient (Wildman–Crippen LogP) is 1.98. The number of para-hydroxylation sites is 1. The molecule has 2 unspecified atom stereocenters. The number of rotatable bonds is 4. The average Bonchev–Trinajstić information content (AvgIpc) is 2.45. The quantitative estimate of drug-likeness (QED) is 0.873. The van der Waals surface area contributed by atoms with Gasteiger partial charge in [-0.25, -0.2) is 0 Å². The summed E-state index contributed by atoms with van der Waals surface area (Å²) in [6.07, 6.45) is 3.57. The molecule has 0 heterocycles. The number of methoxy groups -OCH3 is 1. The number of hydrogen-bond donors (Lipinski definition) is 2. The summed E-state index contributed by atoms with van der Waals surface area (Å²) in [6, 6.07) is 7.19. The molecule has 1 amide bonds. The van der Waals surface area contributed by atoms with Gasteiger partial charge in [-0.2, -0.15) is 0 Å². The number of carbonyl (C=O) groups excluding carboxylic acids is 1. The van der Waals surface area contributed by atoms with Gasteiger partial charge >= 0.3 is 0 Å². The summed E-state index contributed by atoms with van der Waals surface area (Å²) in [6.45, 7) is 0.619. The van der Waals surface area contributed by atoms with Gasteiger partial charge in [0.1, 0.15) is 5.75 Å². The Morgan fingerprint density at radius 3 is 2.95 bits per heavy atom. The van der Waals surface area contributed by atoms with Crippen molar-refractivity contribution in [1.82, 2.24) is 5.32 Å². The number of benzene rings is 1. The monoisotopic (exact) mass is 263 g/mol. The van der Waals surface area contributed by atoms with Crippen molar-refractivity contribution in [2.24, 2.45) is 5.92 Å². The highest BCUT2D eigenvalue weighted by atomic mass is 16.5. The summed E-state index contributed by atoms with van der Waals surface area (Å²) in [5, 5.41) is 12.5. The number of amides is 1. The molecule has 0 radical (unpaired) electrons. The lowest BCUT2D eigenvalue weighted by Gasteiger charge is -2.26. The third-order valence-corrected chi connectivity index (χ3v) is 3.66. The summed E-state index contributed by atoms with van der Waals surface area (Å²) in [7, 11) is 1.56. The van der Waals surface area contributed by atoms with E-state index in [0.717, 1.165) is 25.7 Å². The van der Waals surface area contributed by atoms with Crippen LogP contribution in [0.25, 0.3) is 0 Å². The van der Waals surface area contributed by atoms with Crippen LogP contribution in [-0.2, 0) is 0 Å². The molecule has 0 saturated heterocycles. The third-order valence-electron chi connectivity index (χ3n) is 3.66. The molecular weight excluding hydrogens is 242 g/mol. The minimum Gasteiger partial charge on any atom is -0.496 e. The van der Waals surface area contributed by atoms with E-state index in [-0.39, 0.29) is 12.0 Å². The number of carbonyl (C=O) groups is 1. The van der Waals surface area contributed by atoms with Crippen molar-refractivity contribution >= 4 is 5.91 Å². The van der Waals surface area contributed by atoms with E-state index in [4.69, 9.17) is 4.74 Å². The van der Waals surface area contributed by atoms with Crippen molar-refractivity contribution in [2.45, 2.75) is 31.8 Å². The molecule has 4 nitrogen and oxygen atoms in total. The number of hydrogen-bond acceptors (Lipinski definition) is 3. The van der Waals surface area contributed by atoms with E-state index in [1.54, 1.807) is 19.2 Å². The highest BCUT2D eigenvalue weighted by molar-refractivity contribution is 5.96. The summed E-state index contributed by atoms with van der Waals surface area (Å²) >= 11 is 0. The van der Waals surface area contributed by atoms with E-state index in [2.05, 4.69) is 5.32 Å². The molecule has 0 aromatic heterocycles. The van der Waals surface area contributed by atoms with E-state index < -0.39 is 0 Å². The predicted molar refractivity (Wildman–Crippen MR) is 73.3 cm³/mol. The maximum atomic E-state index is 12.1. The van der Waals surface area contributed by atoms with Crippen LogP contribution in [0.5, 0.6) is 5.75 Å². The van der Waals surface area contributed by atoms with Crippen molar-refractivity contribution in [3.05, 3.63) is 29.8 Å². The Hall–Kier alpha value is -1.55. The summed E-state index contributed by atoms with van der Waals surface area (Å²) < 4.78 is 5.17. The molecule has 2 N–H and O–H groups in total. The number of aliphatic hydroxyl groups excluding tert-OH is 1. The Kier molecular flexibility index (Phi) is 4.80. The molecule has 1 saturated carbocycles. The molecule has 104 valence electrons. The standard InChI is InChI=1S/C15H21NO3/c1-19-14-8-3-2-7-13(14)15(18)16-10-11-5-4-6-12(17)9-11/h2-3,7-8,11-12,17H,4-6,9-10H2,1H3,(H,16,18). The van der Waals surface area contributed by atoms with Gasteiger partial charge in [0.25, 0.3) is 5.91 Å². The van der Waals surface area contributed by atoms with Gasteiger partial charge < -0.3 is 15.2 Å². The molecule has 0 aliphatic heterocycles. The zero-order valence-corrected chi connectivity index (χ0v) is 11.3. The van der Waals surface area contributed by atoms with Crippen LogP contribution in [0.15, 0.2) is 24.3 Å². The Morgan fingerprint density at radius 2 is 2.21 bits per heavy atom. The fourth-order valence-corrected chi connectivity index (χ4v) is 2.61. The highest BCUT2D eigenvalue weighted by Crippen LogP contribution is 2.24. The number of ether oxygens (including phenoxy) is 1. The maximum absolute atomic E-state index is 12.1. The lowest BCUT2D eigenvalue weighted by Crippen LogP contribution is -2.33. The van der Waals surface area contributed by atoms with Gasteiger partial charge in [-0.3, -0.25) is 4.79 Å². The second kappa shape index (κ2) is 6.57. The van der Waals surface area contributed by atoms with Crippen molar-refractivity contribution in [3.8, 4) is 5.75 Å². The number of nitrogens with one attached hydrogen (secondary N) is 1. The molecule has 1 aromatic carbocycles. The molecule has 2 atom stereocenters. The first-order chi connectivity index (χ1) is 9.20. The number of aliphatic hydroxyl groups is 1. The van der Waals surface area contributed by atoms with Gasteiger partial charge in [0.15, 0.2) is 0 Å². The van der Waals surface area contributed by atoms with Gasteiger partial charge in [-0.15, -0.1) is 0 Å². The second-order valence-electron chi connectivity index (χ2n) is 5.10. The summed E-state index contributed by atoms with van der Waals surface area (Å²) in [4.78, 5) is 12.1. The minimum absolute atomic E-state index is 0.113. The van der Waals surface area contributed by atoms with E-state index in [0.29, 0.717) is 23.8 Å². The van der Waals surface area contributed by atoms with E-state index >= 15 is 0 Å². The van der Waals surface area contributed by atoms with Crippen molar-refractivity contribution < 1.29 is 14.6 Å². The molecule has 19 heavy (non-hydrogen) atoms. The highest BCUT2D eigenvalue weighted by Gasteiger charge is 2.21. The first-order valence-electron chi connectivity index (χ1n) is 6.80. The normalized spacial score (nSPS) is 22.8. The molecule has 1 aromatic rings. The molecule has 1 aliphatic carbocycles. The van der Waals surface area contributed by atoms with Crippen LogP contribution in [-0.4, -0.2) is 30.8 Å². The molecule has 4 heteroatoms. The van der Waals surface area contributed by atoms with Crippen LogP contribution in [0.2, 0.25) is 0 Å². The zero-order valence-electron chi connectivity index (χ0n) is 11.3. The molecule has 2 rings (SSSR count). The van der Waals surface area contributed by atoms with Crippen LogP contribution in [0.4, 0.5) is 0 Å². The van der Waals surface area contributed by atoms with Gasteiger partial charge in [-0.05, 0) is 37.3 Å². The van der Waals surface area contributed by atoms with Crippen molar-refractivity contribution in [3.63, 3.8) is 0 Å². The zero-order chi connectivity index (χ0) is 13.7. The fraction of sp³-hybridized carbons (Fsp3) is 0.533. The van der Waals surface area contributed by atoms with Gasteiger partial charge in [-0.1, -0.05) is 18.6 Å². The van der Waals surface area contributed by atoms with Crippen LogP contribution in [0.3, 0.4) is 0 Å². The fourth-order valence-electron chi connectivity index (χ4n) is 2.61. The Labute approximate surface area is 113 Å². The lowest BCUT2D eigenvalue weighted by molar-refractivity contribution is 0.0871. The van der Waals surface area contributed by atoms with Crippen LogP contribution in [0.1, 0.15) is 36.0 Å². The van der Waals surface area contributed by atoms with Gasteiger partial charge in [0.05, 0.1) is 18.8 Å². The SMILES string of the molecule is COc1ccccc1C(=O)NCC1CCCC(O)C1. The minimum atomic E-state index is -0.207. The topological polar surface area (TPSA) is 58.6 Å². The molecule has 1 aliphatic rings.